The van der Waals surface area contributed by atoms with Crippen molar-refractivity contribution in [3.63, 3.8) is 0 Å². The normalized spacial score (nSPS) is 17.1. The van der Waals surface area contributed by atoms with Crippen LogP contribution < -0.4 is 15.4 Å². The van der Waals surface area contributed by atoms with Crippen LogP contribution >= 0.6 is 24.0 Å². The number of methoxy groups -OCH3 is 1. The summed E-state index contributed by atoms with van der Waals surface area (Å²) >= 11 is 0. The van der Waals surface area contributed by atoms with Crippen molar-refractivity contribution in [2.45, 2.75) is 24.4 Å². The molecule has 0 bridgehead atoms. The Labute approximate surface area is 154 Å². The van der Waals surface area contributed by atoms with Gasteiger partial charge in [-0.3, -0.25) is 4.99 Å². The zero-order valence-electron chi connectivity index (χ0n) is 13.2. The predicted molar refractivity (Wildman–Crippen MR) is 101 cm³/mol. The molecule has 1 atom stereocenters. The molecule has 130 valence electrons. The van der Waals surface area contributed by atoms with Gasteiger partial charge in [-0.1, -0.05) is 12.1 Å². The molecule has 1 unspecified atom stereocenters. The van der Waals surface area contributed by atoms with Crippen LogP contribution in [0.1, 0.15) is 12.5 Å². The lowest BCUT2D eigenvalue weighted by molar-refractivity contribution is 0.204. The Morgan fingerprint density at radius 1 is 1.43 bits per heavy atom. The molecular formula is C14H23IN4O3S. The molecule has 1 aromatic carbocycles. The topological polar surface area (TPSA) is 91.8 Å². The Balaban J connectivity index is 0.00000264. The maximum atomic E-state index is 12.1. The molecule has 1 aliphatic heterocycles. The number of nitrogens with one attached hydrogen (secondary N) is 3. The Morgan fingerprint density at radius 2 is 2.22 bits per heavy atom. The molecule has 9 heteroatoms. The molecule has 1 aromatic rings. The van der Waals surface area contributed by atoms with Crippen LogP contribution in [0.2, 0.25) is 0 Å². The standard InChI is InChI=1S/C14H22N4O3S.HI/c1-11-9-15-14(18-11)16-10-12-4-3-5-13(8-12)22(19,20)17-6-7-21-2;/h3-5,8,11,17H,6-7,9-10H2,1-2H3,(H2,15,16,18);1H. The van der Waals surface area contributed by atoms with Crippen molar-refractivity contribution in [1.82, 2.24) is 15.4 Å². The quantitative estimate of drug-likeness (QED) is 0.416. The summed E-state index contributed by atoms with van der Waals surface area (Å²) in [6, 6.07) is 7.17. The van der Waals surface area contributed by atoms with Gasteiger partial charge in [-0.2, -0.15) is 0 Å². The fraction of sp³-hybridized carbons (Fsp3) is 0.500. The van der Waals surface area contributed by atoms with E-state index in [0.717, 1.165) is 18.1 Å². The molecule has 0 amide bonds. The highest BCUT2D eigenvalue weighted by molar-refractivity contribution is 14.0. The lowest BCUT2D eigenvalue weighted by Crippen LogP contribution is -2.37. The molecule has 0 radical (unpaired) electrons. The van der Waals surface area contributed by atoms with Crippen LogP contribution in [-0.2, 0) is 21.3 Å². The number of benzene rings is 1. The maximum Gasteiger partial charge on any atom is 0.240 e. The number of nitrogens with zero attached hydrogens (tertiary/aromatic N) is 1. The molecule has 3 N–H and O–H groups in total. The molecule has 0 saturated heterocycles. The minimum absolute atomic E-state index is 0. The van der Waals surface area contributed by atoms with E-state index >= 15 is 0 Å². The molecule has 0 aliphatic carbocycles. The highest BCUT2D eigenvalue weighted by Gasteiger charge is 2.15. The van der Waals surface area contributed by atoms with Gasteiger partial charge in [0.05, 0.1) is 18.0 Å². The van der Waals surface area contributed by atoms with E-state index in [2.05, 4.69) is 27.3 Å². The molecule has 7 nitrogen and oxygen atoms in total. The van der Waals surface area contributed by atoms with Gasteiger partial charge in [-0.15, -0.1) is 24.0 Å². The number of hydrogen-bond acceptors (Lipinski definition) is 6. The molecule has 0 aromatic heterocycles. The van der Waals surface area contributed by atoms with Crippen molar-refractivity contribution < 1.29 is 13.2 Å². The highest BCUT2D eigenvalue weighted by Crippen LogP contribution is 2.11. The van der Waals surface area contributed by atoms with Crippen molar-refractivity contribution >= 4 is 40.0 Å². The lowest BCUT2D eigenvalue weighted by Gasteiger charge is -2.10. The van der Waals surface area contributed by atoms with E-state index in [9.17, 15) is 8.42 Å². The third-order valence-corrected chi connectivity index (χ3v) is 4.63. The van der Waals surface area contributed by atoms with Crippen LogP contribution in [0.25, 0.3) is 0 Å². The zero-order chi connectivity index (χ0) is 16.0. The van der Waals surface area contributed by atoms with Crippen molar-refractivity contribution in [2.24, 2.45) is 4.99 Å². The van der Waals surface area contributed by atoms with Gasteiger partial charge in [0, 0.05) is 26.2 Å². The second-order valence-electron chi connectivity index (χ2n) is 5.13. The maximum absolute atomic E-state index is 12.1. The average molecular weight is 454 g/mol. The fourth-order valence-electron chi connectivity index (χ4n) is 2.03. The van der Waals surface area contributed by atoms with E-state index in [-0.39, 0.29) is 35.4 Å². The summed E-state index contributed by atoms with van der Waals surface area (Å²) in [6.07, 6.45) is 0. The van der Waals surface area contributed by atoms with E-state index in [1.54, 1.807) is 18.2 Å². The van der Waals surface area contributed by atoms with Crippen molar-refractivity contribution in [3.05, 3.63) is 29.8 Å². The van der Waals surface area contributed by atoms with Crippen LogP contribution in [0.5, 0.6) is 0 Å². The number of guanidine groups is 1. The Bertz CT molecular complexity index is 637. The first kappa shape index (κ1) is 20.1. The smallest absolute Gasteiger partial charge is 0.240 e. The van der Waals surface area contributed by atoms with Gasteiger partial charge >= 0.3 is 0 Å². The fourth-order valence-corrected chi connectivity index (χ4v) is 3.11. The number of aliphatic imine (C=N–C) groups is 1. The van der Waals surface area contributed by atoms with Gasteiger partial charge in [0.1, 0.15) is 0 Å². The van der Waals surface area contributed by atoms with Crippen LogP contribution in [0.3, 0.4) is 0 Å². The summed E-state index contributed by atoms with van der Waals surface area (Å²) in [6.45, 7) is 3.90. The predicted octanol–water partition coefficient (Wildman–Crippen LogP) is 0.667. The molecular weight excluding hydrogens is 431 g/mol. The molecule has 1 heterocycles. The number of hydrogen-bond donors (Lipinski definition) is 3. The van der Waals surface area contributed by atoms with E-state index in [4.69, 9.17) is 4.74 Å². The minimum atomic E-state index is -3.50. The number of rotatable bonds is 7. The van der Waals surface area contributed by atoms with Crippen molar-refractivity contribution in [2.75, 3.05) is 26.8 Å². The molecule has 0 saturated carbocycles. The van der Waals surface area contributed by atoms with Gasteiger partial charge in [0.25, 0.3) is 0 Å². The third-order valence-electron chi connectivity index (χ3n) is 3.17. The van der Waals surface area contributed by atoms with E-state index < -0.39 is 10.0 Å². The summed E-state index contributed by atoms with van der Waals surface area (Å²) in [7, 11) is -1.98. The van der Waals surface area contributed by atoms with Crippen LogP contribution in [0, 0.1) is 0 Å². The summed E-state index contributed by atoms with van der Waals surface area (Å²) < 4.78 is 31.6. The van der Waals surface area contributed by atoms with E-state index in [1.165, 1.54) is 7.11 Å². The number of halogens is 1. The van der Waals surface area contributed by atoms with Crippen LogP contribution in [0.15, 0.2) is 34.2 Å². The zero-order valence-corrected chi connectivity index (χ0v) is 16.4. The summed E-state index contributed by atoms with van der Waals surface area (Å²) in [5.41, 5.74) is 0.874. The van der Waals surface area contributed by atoms with E-state index in [1.807, 2.05) is 6.07 Å². The largest absolute Gasteiger partial charge is 0.383 e. The highest BCUT2D eigenvalue weighted by atomic mass is 127. The van der Waals surface area contributed by atoms with E-state index in [0.29, 0.717) is 19.2 Å². The Morgan fingerprint density at radius 3 is 2.87 bits per heavy atom. The molecule has 0 fully saturated rings. The van der Waals surface area contributed by atoms with Crippen molar-refractivity contribution in [1.29, 1.82) is 0 Å². The number of sulfonamides is 1. The Kier molecular flexibility index (Phi) is 8.23. The Hall–Kier alpha value is -0.910. The summed E-state index contributed by atoms with van der Waals surface area (Å²) in [5, 5.41) is 6.36. The van der Waals surface area contributed by atoms with Crippen molar-refractivity contribution in [3.8, 4) is 0 Å². The van der Waals surface area contributed by atoms with Gasteiger partial charge in [0.2, 0.25) is 10.0 Å². The summed E-state index contributed by atoms with van der Waals surface area (Å²) in [4.78, 5) is 4.55. The summed E-state index contributed by atoms with van der Waals surface area (Å²) in [5.74, 6) is 0.749. The first-order valence-electron chi connectivity index (χ1n) is 7.13. The first-order chi connectivity index (χ1) is 10.5. The van der Waals surface area contributed by atoms with Crippen LogP contribution in [-0.4, -0.2) is 47.2 Å². The van der Waals surface area contributed by atoms with Crippen LogP contribution in [0.4, 0.5) is 0 Å². The monoisotopic (exact) mass is 454 g/mol. The van der Waals surface area contributed by atoms with Gasteiger partial charge in [0.15, 0.2) is 5.96 Å². The minimum Gasteiger partial charge on any atom is -0.383 e. The van der Waals surface area contributed by atoms with Gasteiger partial charge < -0.3 is 15.4 Å². The SMILES string of the molecule is COCCNS(=O)(=O)c1cccc(CNC2=NCC(C)N2)c1.I. The third kappa shape index (κ3) is 6.24. The average Bonchev–Trinajstić information content (AvgIpc) is 2.91. The molecule has 1 aliphatic rings. The second-order valence-corrected chi connectivity index (χ2v) is 6.89. The lowest BCUT2D eigenvalue weighted by atomic mass is 10.2. The molecule has 0 spiro atoms. The molecule has 23 heavy (non-hydrogen) atoms. The number of ether oxygens (including phenoxy) is 1. The molecule has 2 rings (SSSR count). The van der Waals surface area contributed by atoms with Gasteiger partial charge in [-0.05, 0) is 24.6 Å². The van der Waals surface area contributed by atoms with Gasteiger partial charge in [-0.25, -0.2) is 13.1 Å². The second kappa shape index (κ2) is 9.40. The first-order valence-corrected chi connectivity index (χ1v) is 8.62.